The standard InChI is InChI=1S/C16H22N2O/c17-15-6-2-5-13(15)10-16(19)18-14-8-7-11-3-1-4-12(11)9-14/h7-9,13,15H,1-6,10,17H2,(H,18,19)/t13-,15+/m0/s1. The first-order valence-corrected chi connectivity index (χ1v) is 7.39. The largest absolute Gasteiger partial charge is 0.327 e. The average molecular weight is 258 g/mol. The molecule has 3 nitrogen and oxygen atoms in total. The molecule has 2 aliphatic carbocycles. The Morgan fingerprint density at radius 3 is 2.84 bits per heavy atom. The Morgan fingerprint density at radius 1 is 1.21 bits per heavy atom. The van der Waals surface area contributed by atoms with Gasteiger partial charge in [0.2, 0.25) is 5.91 Å². The minimum Gasteiger partial charge on any atom is -0.327 e. The molecule has 1 aromatic rings. The van der Waals surface area contributed by atoms with Gasteiger partial charge in [-0.25, -0.2) is 0 Å². The van der Waals surface area contributed by atoms with Gasteiger partial charge in [0.15, 0.2) is 0 Å². The molecule has 0 radical (unpaired) electrons. The number of rotatable bonds is 3. The smallest absolute Gasteiger partial charge is 0.224 e. The van der Waals surface area contributed by atoms with Crippen molar-refractivity contribution in [1.29, 1.82) is 0 Å². The van der Waals surface area contributed by atoms with Gasteiger partial charge in [-0.3, -0.25) is 4.79 Å². The van der Waals surface area contributed by atoms with Crippen LogP contribution in [0.15, 0.2) is 18.2 Å². The van der Waals surface area contributed by atoms with Crippen LogP contribution in [0.4, 0.5) is 5.69 Å². The van der Waals surface area contributed by atoms with E-state index in [1.807, 2.05) is 6.07 Å². The molecular weight excluding hydrogens is 236 g/mol. The van der Waals surface area contributed by atoms with E-state index in [9.17, 15) is 4.79 Å². The van der Waals surface area contributed by atoms with Crippen molar-refractivity contribution in [2.75, 3.05) is 5.32 Å². The summed E-state index contributed by atoms with van der Waals surface area (Å²) in [7, 11) is 0. The number of carbonyl (C=O) groups excluding carboxylic acids is 1. The molecule has 0 aromatic heterocycles. The number of benzene rings is 1. The van der Waals surface area contributed by atoms with Gasteiger partial charge in [0.25, 0.3) is 0 Å². The van der Waals surface area contributed by atoms with Crippen molar-refractivity contribution in [3.05, 3.63) is 29.3 Å². The van der Waals surface area contributed by atoms with Crippen molar-refractivity contribution in [2.45, 2.75) is 51.0 Å². The summed E-state index contributed by atoms with van der Waals surface area (Å²) < 4.78 is 0. The molecule has 3 N–H and O–H groups in total. The lowest BCUT2D eigenvalue weighted by molar-refractivity contribution is -0.117. The predicted molar refractivity (Wildman–Crippen MR) is 77.0 cm³/mol. The zero-order valence-electron chi connectivity index (χ0n) is 11.3. The molecule has 0 bridgehead atoms. The molecule has 0 spiro atoms. The van der Waals surface area contributed by atoms with Gasteiger partial charge in [-0.1, -0.05) is 12.5 Å². The molecule has 102 valence electrons. The Bertz CT molecular complexity index is 484. The van der Waals surface area contributed by atoms with Gasteiger partial charge < -0.3 is 11.1 Å². The van der Waals surface area contributed by atoms with E-state index in [1.54, 1.807) is 0 Å². The first-order valence-electron chi connectivity index (χ1n) is 7.39. The number of anilines is 1. The number of fused-ring (bicyclic) bond motifs is 1. The SMILES string of the molecule is N[C@@H]1CCC[C@H]1CC(=O)Nc1ccc2c(c1)CCC2. The first kappa shape index (κ1) is 12.7. The van der Waals surface area contributed by atoms with Crippen LogP contribution in [0.2, 0.25) is 0 Å². The molecule has 1 saturated carbocycles. The molecule has 0 heterocycles. The monoisotopic (exact) mass is 258 g/mol. The fourth-order valence-corrected chi connectivity index (χ4v) is 3.42. The lowest BCUT2D eigenvalue weighted by Crippen LogP contribution is -2.28. The Hall–Kier alpha value is -1.35. The Balaban J connectivity index is 1.60. The molecule has 19 heavy (non-hydrogen) atoms. The Morgan fingerprint density at radius 2 is 2.05 bits per heavy atom. The molecular formula is C16H22N2O. The van der Waals surface area contributed by atoms with Crippen molar-refractivity contribution >= 4 is 11.6 Å². The molecule has 0 aliphatic heterocycles. The number of hydrogen-bond donors (Lipinski definition) is 2. The van der Waals surface area contributed by atoms with Gasteiger partial charge in [-0.2, -0.15) is 0 Å². The molecule has 3 heteroatoms. The fraction of sp³-hybridized carbons (Fsp3) is 0.562. The topological polar surface area (TPSA) is 55.1 Å². The number of carbonyl (C=O) groups is 1. The highest BCUT2D eigenvalue weighted by molar-refractivity contribution is 5.91. The summed E-state index contributed by atoms with van der Waals surface area (Å²) in [6, 6.07) is 6.52. The van der Waals surface area contributed by atoms with E-state index < -0.39 is 0 Å². The summed E-state index contributed by atoms with van der Waals surface area (Å²) in [4.78, 5) is 12.0. The zero-order valence-corrected chi connectivity index (χ0v) is 11.3. The minimum absolute atomic E-state index is 0.111. The third kappa shape index (κ3) is 2.81. The maximum atomic E-state index is 12.0. The highest BCUT2D eigenvalue weighted by atomic mass is 16.1. The Kier molecular flexibility index (Phi) is 3.56. The summed E-state index contributed by atoms with van der Waals surface area (Å²) in [6.45, 7) is 0. The minimum atomic E-state index is 0.111. The van der Waals surface area contributed by atoms with Gasteiger partial charge in [0, 0.05) is 18.2 Å². The van der Waals surface area contributed by atoms with Crippen molar-refractivity contribution in [3.63, 3.8) is 0 Å². The lowest BCUT2D eigenvalue weighted by Gasteiger charge is -2.15. The highest BCUT2D eigenvalue weighted by Gasteiger charge is 2.26. The molecule has 1 aromatic carbocycles. The van der Waals surface area contributed by atoms with Gasteiger partial charge in [-0.05, 0) is 61.3 Å². The normalized spacial score (nSPS) is 25.3. The summed E-state index contributed by atoms with van der Waals surface area (Å²) in [5, 5.41) is 3.02. The van der Waals surface area contributed by atoms with E-state index in [1.165, 1.54) is 24.0 Å². The number of aryl methyl sites for hydroxylation is 2. The third-order valence-corrected chi connectivity index (χ3v) is 4.55. The molecule has 2 aliphatic rings. The predicted octanol–water partition coefficient (Wildman–Crippen LogP) is 2.63. The van der Waals surface area contributed by atoms with Crippen molar-refractivity contribution in [2.24, 2.45) is 11.7 Å². The molecule has 0 saturated heterocycles. The van der Waals surface area contributed by atoms with Gasteiger partial charge in [0.05, 0.1) is 0 Å². The molecule has 2 atom stereocenters. The number of nitrogens with two attached hydrogens (primary N) is 1. The van der Waals surface area contributed by atoms with Crippen molar-refractivity contribution in [3.8, 4) is 0 Å². The second-order valence-electron chi connectivity index (χ2n) is 5.94. The van der Waals surface area contributed by atoms with Crippen LogP contribution in [0.25, 0.3) is 0 Å². The van der Waals surface area contributed by atoms with Crippen LogP contribution in [0.3, 0.4) is 0 Å². The van der Waals surface area contributed by atoms with Crippen LogP contribution in [-0.4, -0.2) is 11.9 Å². The van der Waals surface area contributed by atoms with Gasteiger partial charge in [-0.15, -0.1) is 0 Å². The summed E-state index contributed by atoms with van der Waals surface area (Å²) in [5.74, 6) is 0.481. The molecule has 3 rings (SSSR count). The zero-order chi connectivity index (χ0) is 13.2. The van der Waals surface area contributed by atoms with Crippen LogP contribution in [0, 0.1) is 5.92 Å². The van der Waals surface area contributed by atoms with Crippen LogP contribution in [0.1, 0.15) is 43.2 Å². The van der Waals surface area contributed by atoms with E-state index in [4.69, 9.17) is 5.73 Å². The third-order valence-electron chi connectivity index (χ3n) is 4.55. The van der Waals surface area contributed by atoms with Crippen molar-refractivity contribution in [1.82, 2.24) is 0 Å². The van der Waals surface area contributed by atoms with E-state index >= 15 is 0 Å². The summed E-state index contributed by atoms with van der Waals surface area (Å²) in [5.41, 5.74) is 9.80. The van der Waals surface area contributed by atoms with E-state index in [-0.39, 0.29) is 11.9 Å². The summed E-state index contributed by atoms with van der Waals surface area (Å²) >= 11 is 0. The van der Waals surface area contributed by atoms with Crippen molar-refractivity contribution < 1.29 is 4.79 Å². The summed E-state index contributed by atoms with van der Waals surface area (Å²) in [6.07, 6.45) is 7.46. The lowest BCUT2D eigenvalue weighted by atomic mass is 10.00. The maximum absolute atomic E-state index is 12.0. The van der Waals surface area contributed by atoms with Crippen LogP contribution in [-0.2, 0) is 17.6 Å². The van der Waals surface area contributed by atoms with Crippen LogP contribution >= 0.6 is 0 Å². The average Bonchev–Trinajstić information content (AvgIpc) is 2.98. The molecule has 1 fully saturated rings. The second-order valence-corrected chi connectivity index (χ2v) is 5.94. The van der Waals surface area contributed by atoms with Gasteiger partial charge >= 0.3 is 0 Å². The number of amides is 1. The quantitative estimate of drug-likeness (QED) is 0.875. The van der Waals surface area contributed by atoms with E-state index in [0.717, 1.165) is 31.4 Å². The Labute approximate surface area is 114 Å². The van der Waals surface area contributed by atoms with E-state index in [0.29, 0.717) is 12.3 Å². The molecule has 0 unspecified atom stereocenters. The maximum Gasteiger partial charge on any atom is 0.224 e. The number of hydrogen-bond acceptors (Lipinski definition) is 2. The van der Waals surface area contributed by atoms with Gasteiger partial charge in [0.1, 0.15) is 0 Å². The van der Waals surface area contributed by atoms with Crippen LogP contribution < -0.4 is 11.1 Å². The van der Waals surface area contributed by atoms with E-state index in [2.05, 4.69) is 17.4 Å². The molecule has 1 amide bonds. The van der Waals surface area contributed by atoms with Crippen LogP contribution in [0.5, 0.6) is 0 Å². The first-order chi connectivity index (χ1) is 9.22. The highest BCUT2D eigenvalue weighted by Crippen LogP contribution is 2.28. The fourth-order valence-electron chi connectivity index (χ4n) is 3.42. The second kappa shape index (κ2) is 5.33. The number of nitrogens with one attached hydrogen (secondary N) is 1.